The summed E-state index contributed by atoms with van der Waals surface area (Å²) in [4.78, 5) is 16.7. The Morgan fingerprint density at radius 3 is 2.89 bits per heavy atom. The lowest BCUT2D eigenvalue weighted by Crippen LogP contribution is -2.43. The topological polar surface area (TPSA) is 63.2 Å². The highest BCUT2D eigenvalue weighted by Gasteiger charge is 2.36. The second-order valence-electron chi connectivity index (χ2n) is 7.43. The number of hydrogen-bond donors (Lipinski definition) is 2. The molecule has 3 aromatic rings. The van der Waals surface area contributed by atoms with Crippen LogP contribution in [0.2, 0.25) is 0 Å². The van der Waals surface area contributed by atoms with Gasteiger partial charge in [-0.25, -0.2) is 13.6 Å². The van der Waals surface area contributed by atoms with Crippen molar-refractivity contribution in [2.75, 3.05) is 5.32 Å². The molecule has 7 heteroatoms. The molecule has 1 aromatic heterocycles. The first-order valence-electron chi connectivity index (χ1n) is 8.91. The number of benzene rings is 2. The second-order valence-corrected chi connectivity index (χ2v) is 7.43. The number of carbonyl (C=O) groups excluding carboxylic acids is 1. The molecule has 0 unspecified atom stereocenters. The first kappa shape index (κ1) is 18.2. The van der Waals surface area contributed by atoms with Gasteiger partial charge in [0, 0.05) is 41.2 Å². The standard InChI is InChI=1S/C21H19F2N3O2/c1-21(2)10-18(15-8-13(22)9-16(23)19(15)28-21)26-20(27)25-17-5-3-4-12-11-24-7-6-14(12)17/h3-9,11,18H,10H2,1-2H3,(H2,25,26,27)/t18-/m1/s1. The second kappa shape index (κ2) is 6.74. The van der Waals surface area contributed by atoms with Crippen molar-refractivity contribution in [3.05, 3.63) is 66.0 Å². The average molecular weight is 383 g/mol. The van der Waals surface area contributed by atoms with Crippen molar-refractivity contribution in [3.8, 4) is 5.75 Å². The molecule has 0 radical (unpaired) electrons. The molecular formula is C21H19F2N3O2. The normalized spacial score (nSPS) is 17.5. The van der Waals surface area contributed by atoms with Crippen molar-refractivity contribution in [2.45, 2.75) is 31.9 Å². The van der Waals surface area contributed by atoms with Gasteiger partial charge in [0.25, 0.3) is 0 Å². The number of amides is 2. The van der Waals surface area contributed by atoms with E-state index in [-0.39, 0.29) is 11.3 Å². The van der Waals surface area contributed by atoms with Crippen LogP contribution in [0.5, 0.6) is 5.75 Å². The fraction of sp³-hybridized carbons (Fsp3) is 0.238. The summed E-state index contributed by atoms with van der Waals surface area (Å²) in [5, 5.41) is 7.37. The van der Waals surface area contributed by atoms with Gasteiger partial charge in [-0.3, -0.25) is 4.98 Å². The third kappa shape index (κ3) is 3.47. The quantitative estimate of drug-likeness (QED) is 0.659. The summed E-state index contributed by atoms with van der Waals surface area (Å²) in [6, 6.07) is 8.21. The smallest absolute Gasteiger partial charge is 0.319 e. The van der Waals surface area contributed by atoms with Gasteiger partial charge < -0.3 is 15.4 Å². The minimum atomic E-state index is -0.781. The third-order valence-corrected chi connectivity index (χ3v) is 4.72. The SMILES string of the molecule is CC1(C)C[C@@H](NC(=O)Nc2cccc3cnccc23)c2cc(F)cc(F)c2O1. The van der Waals surface area contributed by atoms with E-state index in [1.807, 2.05) is 18.2 Å². The molecule has 1 atom stereocenters. The van der Waals surface area contributed by atoms with Crippen molar-refractivity contribution >= 4 is 22.5 Å². The van der Waals surface area contributed by atoms with Crippen LogP contribution >= 0.6 is 0 Å². The lowest BCUT2D eigenvalue weighted by atomic mass is 9.89. The summed E-state index contributed by atoms with van der Waals surface area (Å²) < 4.78 is 33.6. The summed E-state index contributed by atoms with van der Waals surface area (Å²) in [6.45, 7) is 3.59. The molecule has 1 aliphatic rings. The van der Waals surface area contributed by atoms with E-state index >= 15 is 0 Å². The van der Waals surface area contributed by atoms with Crippen molar-refractivity contribution in [3.63, 3.8) is 0 Å². The van der Waals surface area contributed by atoms with Crippen LogP contribution < -0.4 is 15.4 Å². The van der Waals surface area contributed by atoms with E-state index in [0.29, 0.717) is 12.1 Å². The number of ether oxygens (including phenoxy) is 1. The largest absolute Gasteiger partial charge is 0.484 e. The molecule has 0 saturated carbocycles. The highest BCUT2D eigenvalue weighted by molar-refractivity contribution is 6.01. The van der Waals surface area contributed by atoms with Crippen molar-refractivity contribution in [1.82, 2.24) is 10.3 Å². The van der Waals surface area contributed by atoms with Gasteiger partial charge in [0.2, 0.25) is 0 Å². The number of pyridine rings is 1. The molecule has 0 saturated heterocycles. The molecule has 0 fully saturated rings. The highest BCUT2D eigenvalue weighted by Crippen LogP contribution is 2.41. The minimum absolute atomic E-state index is 0.0285. The number of halogens is 2. The number of nitrogens with zero attached hydrogens (tertiary/aromatic N) is 1. The zero-order chi connectivity index (χ0) is 19.9. The molecule has 28 heavy (non-hydrogen) atoms. The van der Waals surface area contributed by atoms with Gasteiger partial charge in [-0.2, -0.15) is 0 Å². The van der Waals surface area contributed by atoms with Gasteiger partial charge in [-0.15, -0.1) is 0 Å². The molecule has 2 N–H and O–H groups in total. The zero-order valence-corrected chi connectivity index (χ0v) is 15.4. The molecule has 144 valence electrons. The number of fused-ring (bicyclic) bond motifs is 2. The summed E-state index contributed by atoms with van der Waals surface area (Å²) in [5.41, 5.74) is 0.192. The average Bonchev–Trinajstić information content (AvgIpc) is 2.62. The van der Waals surface area contributed by atoms with Crippen LogP contribution in [0, 0.1) is 11.6 Å². The Balaban J connectivity index is 1.61. The Hall–Kier alpha value is -3.22. The third-order valence-electron chi connectivity index (χ3n) is 4.72. The van der Waals surface area contributed by atoms with Crippen LogP contribution in [0.25, 0.3) is 10.8 Å². The molecular weight excluding hydrogens is 364 g/mol. The molecule has 0 spiro atoms. The summed E-state index contributed by atoms with van der Waals surface area (Å²) >= 11 is 0. The molecule has 1 aliphatic heterocycles. The van der Waals surface area contributed by atoms with E-state index in [2.05, 4.69) is 15.6 Å². The molecule has 2 heterocycles. The number of rotatable bonds is 2. The van der Waals surface area contributed by atoms with Crippen LogP contribution in [0.1, 0.15) is 31.9 Å². The van der Waals surface area contributed by atoms with E-state index < -0.39 is 29.3 Å². The number of hydrogen-bond acceptors (Lipinski definition) is 3. The number of nitrogens with one attached hydrogen (secondary N) is 2. The maximum Gasteiger partial charge on any atom is 0.319 e. The van der Waals surface area contributed by atoms with Crippen molar-refractivity contribution in [1.29, 1.82) is 0 Å². The minimum Gasteiger partial charge on any atom is -0.484 e. The van der Waals surface area contributed by atoms with E-state index in [0.717, 1.165) is 16.8 Å². The van der Waals surface area contributed by atoms with Crippen LogP contribution in [0.3, 0.4) is 0 Å². The van der Waals surface area contributed by atoms with E-state index in [1.165, 1.54) is 6.07 Å². The molecule has 2 amide bonds. The zero-order valence-electron chi connectivity index (χ0n) is 15.4. The van der Waals surface area contributed by atoms with E-state index in [9.17, 15) is 13.6 Å². The molecule has 0 aliphatic carbocycles. The molecule has 0 bridgehead atoms. The number of aromatic nitrogens is 1. The Morgan fingerprint density at radius 1 is 1.25 bits per heavy atom. The van der Waals surface area contributed by atoms with Crippen LogP contribution in [0.15, 0.2) is 48.8 Å². The van der Waals surface area contributed by atoms with Gasteiger partial charge in [-0.05, 0) is 32.0 Å². The Labute approximate surface area is 160 Å². The van der Waals surface area contributed by atoms with Gasteiger partial charge in [0.1, 0.15) is 11.4 Å². The molecule has 2 aromatic carbocycles. The summed E-state index contributed by atoms with van der Waals surface area (Å²) in [5.74, 6) is -1.52. The van der Waals surface area contributed by atoms with Gasteiger partial charge in [-0.1, -0.05) is 12.1 Å². The maximum atomic E-state index is 14.2. The summed E-state index contributed by atoms with van der Waals surface area (Å²) in [7, 11) is 0. The first-order valence-corrected chi connectivity index (χ1v) is 8.91. The van der Waals surface area contributed by atoms with Crippen LogP contribution in [-0.2, 0) is 0 Å². The summed E-state index contributed by atoms with van der Waals surface area (Å²) in [6.07, 6.45) is 3.73. The van der Waals surface area contributed by atoms with Crippen LogP contribution in [0.4, 0.5) is 19.3 Å². The van der Waals surface area contributed by atoms with E-state index in [1.54, 1.807) is 32.3 Å². The van der Waals surface area contributed by atoms with E-state index in [4.69, 9.17) is 4.74 Å². The molecule has 4 rings (SSSR count). The monoisotopic (exact) mass is 383 g/mol. The van der Waals surface area contributed by atoms with Gasteiger partial charge >= 0.3 is 6.03 Å². The number of anilines is 1. The Morgan fingerprint density at radius 2 is 2.07 bits per heavy atom. The highest BCUT2D eigenvalue weighted by atomic mass is 19.1. The fourth-order valence-corrected chi connectivity index (χ4v) is 3.54. The van der Waals surface area contributed by atoms with Crippen LogP contribution in [-0.4, -0.2) is 16.6 Å². The predicted molar refractivity (Wildman–Crippen MR) is 102 cm³/mol. The predicted octanol–water partition coefficient (Wildman–Crippen LogP) is 4.94. The molecule has 5 nitrogen and oxygen atoms in total. The fourth-order valence-electron chi connectivity index (χ4n) is 3.54. The number of urea groups is 1. The Kier molecular flexibility index (Phi) is 4.37. The van der Waals surface area contributed by atoms with Crippen molar-refractivity contribution in [2.24, 2.45) is 0 Å². The lowest BCUT2D eigenvalue weighted by Gasteiger charge is -2.38. The Bertz CT molecular complexity index is 1060. The maximum absolute atomic E-state index is 14.2. The van der Waals surface area contributed by atoms with Gasteiger partial charge in [0.15, 0.2) is 11.6 Å². The lowest BCUT2D eigenvalue weighted by molar-refractivity contribution is 0.0626. The van der Waals surface area contributed by atoms with Gasteiger partial charge in [0.05, 0.1) is 11.7 Å². The first-order chi connectivity index (χ1) is 13.3. The number of carbonyl (C=O) groups is 1. The van der Waals surface area contributed by atoms with Crippen molar-refractivity contribution < 1.29 is 18.3 Å².